The monoisotopic (exact) mass is 554 g/mol. The number of pyridine rings is 1. The zero-order valence-electron chi connectivity index (χ0n) is 21.1. The van der Waals surface area contributed by atoms with Crippen molar-refractivity contribution in [3.05, 3.63) is 76.3 Å². The summed E-state index contributed by atoms with van der Waals surface area (Å²) in [6.07, 6.45) is -0.376. The van der Waals surface area contributed by atoms with Crippen molar-refractivity contribution in [2.45, 2.75) is 32.1 Å². The maximum Gasteiger partial charge on any atom is 0.318 e. The fraction of sp³-hybridized carbons (Fsp3) is 0.286. The van der Waals surface area contributed by atoms with Crippen molar-refractivity contribution in [3.63, 3.8) is 0 Å². The quantitative estimate of drug-likeness (QED) is 0.452. The number of halogens is 3. The Balaban J connectivity index is 1.49. The van der Waals surface area contributed by atoms with E-state index >= 15 is 0 Å². The lowest BCUT2D eigenvalue weighted by Gasteiger charge is -2.37. The Morgan fingerprint density at radius 2 is 1.87 bits per heavy atom. The van der Waals surface area contributed by atoms with Crippen LogP contribution in [0.3, 0.4) is 0 Å². The van der Waals surface area contributed by atoms with Gasteiger partial charge in [-0.15, -0.1) is 0 Å². The summed E-state index contributed by atoms with van der Waals surface area (Å²) < 4.78 is 33.3. The molecule has 202 valence electrons. The molecule has 0 spiro atoms. The van der Waals surface area contributed by atoms with E-state index in [0.29, 0.717) is 22.6 Å². The molecule has 39 heavy (non-hydrogen) atoms. The summed E-state index contributed by atoms with van der Waals surface area (Å²) in [6.45, 7) is 2.75. The predicted molar refractivity (Wildman–Crippen MR) is 140 cm³/mol. The molecule has 8 nitrogen and oxygen atoms in total. The predicted octanol–water partition coefficient (Wildman–Crippen LogP) is 5.34. The van der Waals surface area contributed by atoms with Gasteiger partial charge < -0.3 is 15.4 Å². The van der Waals surface area contributed by atoms with Crippen molar-refractivity contribution in [2.75, 3.05) is 13.1 Å². The number of likely N-dealkylation sites (tertiary alicyclic amines) is 1. The van der Waals surface area contributed by atoms with Crippen molar-refractivity contribution in [1.29, 1.82) is 0 Å². The van der Waals surface area contributed by atoms with Gasteiger partial charge in [0.05, 0.1) is 28.2 Å². The highest BCUT2D eigenvalue weighted by Gasteiger charge is 2.44. The topological polar surface area (TPSA) is 115 Å². The van der Waals surface area contributed by atoms with Crippen LogP contribution >= 0.6 is 11.6 Å². The van der Waals surface area contributed by atoms with E-state index in [9.17, 15) is 23.2 Å². The van der Waals surface area contributed by atoms with Crippen molar-refractivity contribution < 1.29 is 27.9 Å². The number of nitrogens with two attached hydrogens (primary N) is 1. The van der Waals surface area contributed by atoms with E-state index in [2.05, 4.69) is 10.3 Å². The van der Waals surface area contributed by atoms with Crippen LogP contribution in [0.1, 0.15) is 47.7 Å². The molecule has 0 bridgehead atoms. The standard InChI is InChI=1S/C28H25ClF2N4O4/c1-27(2,25(37)34-26(32)38)22-17-5-3-4-6-21(17)39-23-18(22)9-10-20(33-23)15-7-8-16(19(29)13-15)24(36)35-12-11-28(30,31)14-35/h3-10,13,22H,11-12,14H2,1-2H3,(H3,32,34,37,38)/t22-/m0/s1. The number of benzene rings is 2. The second-order valence-corrected chi connectivity index (χ2v) is 10.6. The van der Waals surface area contributed by atoms with Gasteiger partial charge in [0, 0.05) is 35.6 Å². The molecule has 1 fully saturated rings. The first-order valence-electron chi connectivity index (χ1n) is 12.2. The van der Waals surface area contributed by atoms with Crippen LogP contribution in [0.15, 0.2) is 54.6 Å². The number of aromatic nitrogens is 1. The van der Waals surface area contributed by atoms with Crippen molar-refractivity contribution >= 4 is 29.4 Å². The lowest BCUT2D eigenvalue weighted by molar-refractivity contribution is -0.128. The molecule has 5 rings (SSSR count). The number of hydrogen-bond donors (Lipinski definition) is 2. The molecular formula is C28H25ClF2N4O4. The van der Waals surface area contributed by atoms with Gasteiger partial charge in [0.1, 0.15) is 5.75 Å². The number of imide groups is 1. The largest absolute Gasteiger partial charge is 0.438 e. The molecular weight excluding hydrogens is 530 g/mol. The van der Waals surface area contributed by atoms with E-state index in [1.807, 2.05) is 12.1 Å². The molecule has 0 saturated carbocycles. The highest BCUT2D eigenvalue weighted by molar-refractivity contribution is 6.34. The van der Waals surface area contributed by atoms with Gasteiger partial charge in [0.25, 0.3) is 11.8 Å². The Labute approximate surface area is 228 Å². The van der Waals surface area contributed by atoms with Crippen molar-refractivity contribution in [1.82, 2.24) is 15.2 Å². The third kappa shape index (κ3) is 4.92. The Hall–Kier alpha value is -4.05. The molecule has 11 heteroatoms. The highest BCUT2D eigenvalue weighted by atomic mass is 35.5. The van der Waals surface area contributed by atoms with Gasteiger partial charge in [-0.25, -0.2) is 18.6 Å². The number of fused-ring (bicyclic) bond motifs is 2. The SMILES string of the molecule is CC(C)(C(=O)NC(N)=O)[C@H]1c2ccccc2Oc2nc(-c3ccc(C(=O)N4CCC(F)(F)C4)c(Cl)c3)ccc21. The van der Waals surface area contributed by atoms with Gasteiger partial charge in [-0.2, -0.15) is 0 Å². The number of para-hydroxylation sites is 1. The maximum absolute atomic E-state index is 13.6. The lowest BCUT2D eigenvalue weighted by Crippen LogP contribution is -2.46. The molecule has 0 unspecified atom stereocenters. The van der Waals surface area contributed by atoms with Crippen LogP contribution in [0.5, 0.6) is 11.6 Å². The second-order valence-electron chi connectivity index (χ2n) is 10.2. The summed E-state index contributed by atoms with van der Waals surface area (Å²) in [5.74, 6) is -3.73. The van der Waals surface area contributed by atoms with E-state index in [0.717, 1.165) is 10.5 Å². The van der Waals surface area contributed by atoms with Crippen molar-refractivity contribution in [3.8, 4) is 22.9 Å². The van der Waals surface area contributed by atoms with Crippen LogP contribution in [0.2, 0.25) is 5.02 Å². The first kappa shape index (κ1) is 26.6. The number of nitrogens with zero attached hydrogens (tertiary/aromatic N) is 2. The van der Waals surface area contributed by atoms with Gasteiger partial charge in [0.2, 0.25) is 11.8 Å². The minimum absolute atomic E-state index is 0.0376. The summed E-state index contributed by atoms with van der Waals surface area (Å²) in [7, 11) is 0. The molecule has 1 saturated heterocycles. The van der Waals surface area contributed by atoms with Gasteiger partial charge in [0.15, 0.2) is 0 Å². The zero-order valence-corrected chi connectivity index (χ0v) is 21.9. The molecule has 1 atom stereocenters. The third-order valence-electron chi connectivity index (χ3n) is 7.13. The van der Waals surface area contributed by atoms with Crippen LogP contribution in [0, 0.1) is 5.41 Å². The molecule has 3 aromatic rings. The Kier molecular flexibility index (Phi) is 6.54. The highest BCUT2D eigenvalue weighted by Crippen LogP contribution is 2.51. The Morgan fingerprint density at radius 3 is 2.54 bits per heavy atom. The molecule has 2 aliphatic rings. The molecule has 3 N–H and O–H groups in total. The van der Waals surface area contributed by atoms with Crippen LogP contribution in [-0.4, -0.2) is 46.7 Å². The smallest absolute Gasteiger partial charge is 0.318 e. The average molecular weight is 555 g/mol. The fourth-order valence-electron chi connectivity index (χ4n) is 5.11. The van der Waals surface area contributed by atoms with Crippen LogP contribution < -0.4 is 15.8 Å². The molecule has 4 amide bonds. The lowest BCUT2D eigenvalue weighted by atomic mass is 9.69. The van der Waals surface area contributed by atoms with Gasteiger partial charge in [-0.05, 0) is 24.3 Å². The molecule has 0 aliphatic carbocycles. The van der Waals surface area contributed by atoms with E-state index in [4.69, 9.17) is 22.1 Å². The van der Waals surface area contributed by atoms with E-state index in [1.165, 1.54) is 6.07 Å². The van der Waals surface area contributed by atoms with Crippen LogP contribution in [0.25, 0.3) is 11.3 Å². The van der Waals surface area contributed by atoms with Crippen LogP contribution in [0.4, 0.5) is 13.6 Å². The zero-order chi connectivity index (χ0) is 28.1. The summed E-state index contributed by atoms with van der Waals surface area (Å²) in [6, 6.07) is 14.5. The number of hydrogen-bond acceptors (Lipinski definition) is 5. The number of primary amides is 1. The fourth-order valence-corrected chi connectivity index (χ4v) is 5.37. The summed E-state index contributed by atoms with van der Waals surface area (Å²) >= 11 is 6.42. The summed E-state index contributed by atoms with van der Waals surface area (Å²) in [5, 5.41) is 2.29. The van der Waals surface area contributed by atoms with E-state index < -0.39 is 41.6 Å². The average Bonchev–Trinajstić information content (AvgIpc) is 3.25. The summed E-state index contributed by atoms with van der Waals surface area (Å²) in [5.41, 5.74) is 6.68. The van der Waals surface area contributed by atoms with Crippen LogP contribution in [-0.2, 0) is 4.79 Å². The molecule has 2 aromatic carbocycles. The normalized spacial score (nSPS) is 17.6. The number of rotatable bonds is 4. The van der Waals surface area contributed by atoms with Gasteiger partial charge >= 0.3 is 6.03 Å². The Morgan fingerprint density at radius 1 is 1.13 bits per heavy atom. The van der Waals surface area contributed by atoms with Gasteiger partial charge in [-0.3, -0.25) is 14.9 Å². The number of ether oxygens (including phenoxy) is 1. The maximum atomic E-state index is 13.6. The first-order chi connectivity index (χ1) is 18.4. The van der Waals surface area contributed by atoms with E-state index in [1.54, 1.807) is 50.2 Å². The number of alkyl halides is 2. The number of nitrogens with one attached hydrogen (secondary N) is 1. The second kappa shape index (κ2) is 9.60. The van der Waals surface area contributed by atoms with E-state index in [-0.39, 0.29) is 29.4 Å². The minimum Gasteiger partial charge on any atom is -0.438 e. The number of amides is 4. The molecule has 1 aromatic heterocycles. The molecule has 3 heterocycles. The number of carbonyl (C=O) groups excluding carboxylic acids is 3. The Bertz CT molecular complexity index is 1510. The molecule has 2 aliphatic heterocycles. The number of carbonyl (C=O) groups is 3. The summed E-state index contributed by atoms with van der Waals surface area (Å²) in [4.78, 5) is 42.9. The molecule has 0 radical (unpaired) electrons. The van der Waals surface area contributed by atoms with Gasteiger partial charge in [-0.1, -0.05) is 55.8 Å². The minimum atomic E-state index is -2.90. The third-order valence-corrected chi connectivity index (χ3v) is 7.45. The number of urea groups is 1. The first-order valence-corrected chi connectivity index (χ1v) is 12.6. The van der Waals surface area contributed by atoms with Crippen molar-refractivity contribution in [2.24, 2.45) is 11.1 Å².